The Morgan fingerprint density at radius 1 is 0.957 bits per heavy atom. The maximum atomic E-state index is 12.4. The second-order valence-corrected chi connectivity index (χ2v) is 5.38. The van der Waals surface area contributed by atoms with Crippen LogP contribution < -0.4 is 0 Å². The first-order chi connectivity index (χ1) is 11.1. The van der Waals surface area contributed by atoms with Gasteiger partial charge in [0.05, 0.1) is 5.57 Å². The molecule has 0 spiro atoms. The lowest BCUT2D eigenvalue weighted by Gasteiger charge is -2.18. The third-order valence-corrected chi connectivity index (χ3v) is 3.90. The number of hydrogen-bond acceptors (Lipinski definition) is 4. The molecule has 1 aliphatic rings. The van der Waals surface area contributed by atoms with Crippen LogP contribution in [0.3, 0.4) is 0 Å². The van der Waals surface area contributed by atoms with Gasteiger partial charge in [-0.2, -0.15) is 0 Å². The fourth-order valence-electron chi connectivity index (χ4n) is 2.69. The number of aliphatic hydroxyl groups is 1. The van der Waals surface area contributed by atoms with Crippen molar-refractivity contribution in [1.82, 2.24) is 0 Å². The largest absolute Gasteiger partial charge is 0.506 e. The number of carbonyl (C=O) groups excluding carboxylic acids is 2. The average Bonchev–Trinajstić information content (AvgIpc) is 2.59. The molecule has 1 aliphatic carbocycles. The van der Waals surface area contributed by atoms with E-state index < -0.39 is 11.5 Å². The van der Waals surface area contributed by atoms with Crippen LogP contribution in [0.25, 0.3) is 5.76 Å². The van der Waals surface area contributed by atoms with Crippen molar-refractivity contribution in [3.8, 4) is 0 Å². The lowest BCUT2D eigenvalue weighted by Crippen LogP contribution is -2.28. The molecule has 2 aromatic rings. The predicted octanol–water partition coefficient (Wildman–Crippen LogP) is 3.37. The standard InChI is InChI=1S/C19H15NO3/c20-17-16(15(21)11-10-12-6-2-1-3-7-12)18(22)13-8-4-5-9-14(13)19(17)23/h1-9,20,22H,10-11H2. The summed E-state index contributed by atoms with van der Waals surface area (Å²) in [7, 11) is 0. The van der Waals surface area contributed by atoms with E-state index in [9.17, 15) is 14.7 Å². The van der Waals surface area contributed by atoms with Crippen molar-refractivity contribution in [2.24, 2.45) is 0 Å². The SMILES string of the molecule is N=C1C(=O)c2ccccc2C(O)=C1C(=O)CCc1ccccc1. The monoisotopic (exact) mass is 305 g/mol. The van der Waals surface area contributed by atoms with Gasteiger partial charge in [-0.1, -0.05) is 54.6 Å². The Hall–Kier alpha value is -3.01. The Morgan fingerprint density at radius 2 is 1.57 bits per heavy atom. The summed E-state index contributed by atoms with van der Waals surface area (Å²) in [6.45, 7) is 0. The molecular formula is C19H15NO3. The van der Waals surface area contributed by atoms with E-state index in [1.807, 2.05) is 30.3 Å². The molecule has 3 rings (SSSR count). The molecule has 0 unspecified atom stereocenters. The van der Waals surface area contributed by atoms with Crippen LogP contribution >= 0.6 is 0 Å². The fraction of sp³-hybridized carbons (Fsp3) is 0.105. The number of allylic oxidation sites excluding steroid dienone is 1. The molecule has 114 valence electrons. The molecular weight excluding hydrogens is 290 g/mol. The van der Waals surface area contributed by atoms with Gasteiger partial charge < -0.3 is 5.11 Å². The summed E-state index contributed by atoms with van der Waals surface area (Å²) in [4.78, 5) is 24.7. The summed E-state index contributed by atoms with van der Waals surface area (Å²) in [6.07, 6.45) is 0.640. The van der Waals surface area contributed by atoms with Gasteiger partial charge in [0, 0.05) is 17.5 Å². The number of ketones is 2. The zero-order valence-corrected chi connectivity index (χ0v) is 12.4. The highest BCUT2D eigenvalue weighted by atomic mass is 16.3. The maximum absolute atomic E-state index is 12.4. The minimum atomic E-state index is -0.526. The first-order valence-corrected chi connectivity index (χ1v) is 7.33. The molecule has 2 aromatic carbocycles. The van der Waals surface area contributed by atoms with Crippen LogP contribution in [-0.2, 0) is 11.2 Å². The van der Waals surface area contributed by atoms with Gasteiger partial charge in [-0.15, -0.1) is 0 Å². The first kappa shape index (κ1) is 14.9. The summed E-state index contributed by atoms with van der Waals surface area (Å²) in [5.41, 5.74) is 0.963. The molecule has 0 radical (unpaired) electrons. The van der Waals surface area contributed by atoms with Crippen LogP contribution in [0.2, 0.25) is 0 Å². The molecule has 2 N–H and O–H groups in total. The summed E-state index contributed by atoms with van der Waals surface area (Å²) in [5, 5.41) is 18.3. The fourth-order valence-corrected chi connectivity index (χ4v) is 2.69. The summed E-state index contributed by atoms with van der Waals surface area (Å²) >= 11 is 0. The molecule has 0 saturated heterocycles. The number of benzene rings is 2. The van der Waals surface area contributed by atoms with Gasteiger partial charge >= 0.3 is 0 Å². The van der Waals surface area contributed by atoms with Gasteiger partial charge in [-0.3, -0.25) is 15.0 Å². The van der Waals surface area contributed by atoms with Crippen molar-refractivity contribution in [3.05, 3.63) is 76.9 Å². The van der Waals surface area contributed by atoms with Gasteiger partial charge in [0.2, 0.25) is 5.78 Å². The van der Waals surface area contributed by atoms with E-state index in [-0.39, 0.29) is 29.1 Å². The Balaban J connectivity index is 1.90. The van der Waals surface area contributed by atoms with Crippen LogP contribution in [-0.4, -0.2) is 22.4 Å². The molecule has 0 aromatic heterocycles. The molecule has 4 heteroatoms. The lowest BCUT2D eigenvalue weighted by atomic mass is 9.85. The topological polar surface area (TPSA) is 78.2 Å². The summed E-state index contributed by atoms with van der Waals surface area (Å²) in [6, 6.07) is 16.0. The van der Waals surface area contributed by atoms with Gasteiger partial charge in [0.15, 0.2) is 5.78 Å². The van der Waals surface area contributed by atoms with Gasteiger partial charge in [-0.25, -0.2) is 0 Å². The van der Waals surface area contributed by atoms with Crippen LogP contribution in [0.1, 0.15) is 27.9 Å². The van der Waals surface area contributed by atoms with Gasteiger partial charge in [0.25, 0.3) is 0 Å². The second kappa shape index (κ2) is 6.01. The maximum Gasteiger partial charge on any atom is 0.212 e. The Morgan fingerprint density at radius 3 is 2.26 bits per heavy atom. The summed E-state index contributed by atoms with van der Waals surface area (Å²) in [5.74, 6) is -1.19. The Bertz CT molecular complexity index is 835. The van der Waals surface area contributed by atoms with E-state index >= 15 is 0 Å². The number of Topliss-reactive ketones (excluding diaryl/α,β-unsaturated/α-hetero) is 2. The normalized spacial score (nSPS) is 13.9. The van der Waals surface area contributed by atoms with Crippen molar-refractivity contribution >= 4 is 23.0 Å². The van der Waals surface area contributed by atoms with E-state index in [2.05, 4.69) is 0 Å². The Labute approximate surface area is 133 Å². The molecule has 0 aliphatic heterocycles. The highest BCUT2D eigenvalue weighted by Gasteiger charge is 2.33. The number of aliphatic hydroxyl groups excluding tert-OH is 1. The van der Waals surface area contributed by atoms with E-state index in [1.54, 1.807) is 24.3 Å². The molecule has 23 heavy (non-hydrogen) atoms. The molecule has 0 saturated carbocycles. The number of fused-ring (bicyclic) bond motifs is 1. The third-order valence-electron chi connectivity index (χ3n) is 3.90. The molecule has 4 nitrogen and oxygen atoms in total. The minimum Gasteiger partial charge on any atom is -0.506 e. The van der Waals surface area contributed by atoms with Crippen LogP contribution in [0, 0.1) is 5.41 Å². The van der Waals surface area contributed by atoms with Crippen molar-refractivity contribution in [2.45, 2.75) is 12.8 Å². The number of hydrogen-bond donors (Lipinski definition) is 2. The van der Waals surface area contributed by atoms with Crippen LogP contribution in [0.5, 0.6) is 0 Å². The van der Waals surface area contributed by atoms with E-state index in [0.717, 1.165) is 5.56 Å². The highest BCUT2D eigenvalue weighted by Crippen LogP contribution is 2.29. The van der Waals surface area contributed by atoms with Crippen molar-refractivity contribution in [1.29, 1.82) is 5.41 Å². The quantitative estimate of drug-likeness (QED) is 0.909. The van der Waals surface area contributed by atoms with E-state index in [0.29, 0.717) is 12.0 Å². The van der Waals surface area contributed by atoms with Gasteiger partial charge in [0.1, 0.15) is 11.5 Å². The molecule has 0 amide bonds. The number of rotatable bonds is 4. The molecule has 0 heterocycles. The van der Waals surface area contributed by atoms with Crippen LogP contribution in [0.15, 0.2) is 60.2 Å². The van der Waals surface area contributed by atoms with Crippen LogP contribution in [0.4, 0.5) is 0 Å². The molecule has 0 bridgehead atoms. The predicted molar refractivity (Wildman–Crippen MR) is 87.8 cm³/mol. The van der Waals surface area contributed by atoms with E-state index in [1.165, 1.54) is 0 Å². The van der Waals surface area contributed by atoms with Crippen molar-refractivity contribution in [2.75, 3.05) is 0 Å². The zero-order valence-electron chi connectivity index (χ0n) is 12.4. The zero-order chi connectivity index (χ0) is 16.4. The number of nitrogens with one attached hydrogen (secondary N) is 1. The smallest absolute Gasteiger partial charge is 0.212 e. The first-order valence-electron chi connectivity index (χ1n) is 7.33. The average molecular weight is 305 g/mol. The second-order valence-electron chi connectivity index (χ2n) is 5.38. The third kappa shape index (κ3) is 2.71. The number of aryl methyl sites for hydroxylation is 1. The van der Waals surface area contributed by atoms with Crippen molar-refractivity contribution in [3.63, 3.8) is 0 Å². The number of carbonyl (C=O) groups is 2. The van der Waals surface area contributed by atoms with Crippen molar-refractivity contribution < 1.29 is 14.7 Å². The Kier molecular flexibility index (Phi) is 3.89. The minimum absolute atomic E-state index is 0.140. The van der Waals surface area contributed by atoms with E-state index in [4.69, 9.17) is 5.41 Å². The highest BCUT2D eigenvalue weighted by molar-refractivity contribution is 6.58. The molecule has 0 fully saturated rings. The lowest BCUT2D eigenvalue weighted by molar-refractivity contribution is -0.115. The van der Waals surface area contributed by atoms with Gasteiger partial charge in [-0.05, 0) is 12.0 Å². The summed E-state index contributed by atoms with van der Waals surface area (Å²) < 4.78 is 0. The molecule has 0 atom stereocenters.